The van der Waals surface area contributed by atoms with E-state index in [0.717, 1.165) is 10.8 Å². The number of hydrogen-bond acceptors (Lipinski definition) is 3. The van der Waals surface area contributed by atoms with Crippen molar-refractivity contribution in [1.29, 1.82) is 0 Å². The standard InChI is InChI=1S/C24H23FN2O3/c25-21-10-4-2-7-19(21)16-23(28)26-12-14-27(15-13-26)24(29)17-30-22-11-5-8-18-6-1-3-9-20(18)22/h1-11H,12-17H2. The molecule has 1 aliphatic rings. The highest BCUT2D eigenvalue weighted by Gasteiger charge is 2.25. The molecule has 0 atom stereocenters. The van der Waals surface area contributed by atoms with Crippen LogP contribution in [0.3, 0.4) is 0 Å². The van der Waals surface area contributed by atoms with Crippen LogP contribution in [0.2, 0.25) is 0 Å². The van der Waals surface area contributed by atoms with Crippen LogP contribution in [0.4, 0.5) is 4.39 Å². The lowest BCUT2D eigenvalue weighted by molar-refractivity contribution is -0.140. The van der Waals surface area contributed by atoms with E-state index in [4.69, 9.17) is 4.74 Å². The predicted molar refractivity (Wildman–Crippen MR) is 113 cm³/mol. The van der Waals surface area contributed by atoms with Gasteiger partial charge in [0, 0.05) is 31.6 Å². The second-order valence-corrected chi connectivity index (χ2v) is 7.30. The largest absolute Gasteiger partial charge is 0.483 e. The number of amides is 2. The third-order valence-corrected chi connectivity index (χ3v) is 5.39. The maximum Gasteiger partial charge on any atom is 0.260 e. The Hall–Kier alpha value is -3.41. The number of ether oxygens (including phenoxy) is 1. The molecule has 0 saturated carbocycles. The molecule has 0 aromatic heterocycles. The Morgan fingerprint density at radius 2 is 1.43 bits per heavy atom. The molecular formula is C24H23FN2O3. The summed E-state index contributed by atoms with van der Waals surface area (Å²) in [5, 5.41) is 2.03. The summed E-state index contributed by atoms with van der Waals surface area (Å²) in [6.07, 6.45) is 0.0326. The molecule has 0 aliphatic carbocycles. The van der Waals surface area contributed by atoms with Crippen LogP contribution in [0.15, 0.2) is 66.7 Å². The minimum Gasteiger partial charge on any atom is -0.483 e. The van der Waals surface area contributed by atoms with Crippen molar-refractivity contribution in [1.82, 2.24) is 9.80 Å². The molecule has 1 heterocycles. The van der Waals surface area contributed by atoms with Crippen LogP contribution in [0, 0.1) is 5.82 Å². The van der Waals surface area contributed by atoms with Gasteiger partial charge in [-0.15, -0.1) is 0 Å². The van der Waals surface area contributed by atoms with Crippen molar-refractivity contribution in [2.24, 2.45) is 0 Å². The summed E-state index contributed by atoms with van der Waals surface area (Å²) >= 11 is 0. The van der Waals surface area contributed by atoms with Crippen LogP contribution in [-0.2, 0) is 16.0 Å². The number of halogens is 1. The van der Waals surface area contributed by atoms with E-state index in [2.05, 4.69) is 0 Å². The fourth-order valence-electron chi connectivity index (χ4n) is 3.67. The smallest absolute Gasteiger partial charge is 0.260 e. The average molecular weight is 406 g/mol. The van der Waals surface area contributed by atoms with Crippen LogP contribution >= 0.6 is 0 Å². The van der Waals surface area contributed by atoms with Gasteiger partial charge in [0.2, 0.25) is 5.91 Å². The molecular weight excluding hydrogens is 383 g/mol. The topological polar surface area (TPSA) is 49.9 Å². The monoisotopic (exact) mass is 406 g/mol. The number of fused-ring (bicyclic) bond motifs is 1. The number of nitrogens with zero attached hydrogens (tertiary/aromatic N) is 2. The number of hydrogen-bond donors (Lipinski definition) is 0. The van der Waals surface area contributed by atoms with Gasteiger partial charge < -0.3 is 14.5 Å². The molecule has 3 aromatic rings. The molecule has 6 heteroatoms. The Balaban J connectivity index is 1.29. The normalized spacial score (nSPS) is 14.0. The van der Waals surface area contributed by atoms with E-state index >= 15 is 0 Å². The Bertz CT molecular complexity index is 1060. The van der Waals surface area contributed by atoms with E-state index in [9.17, 15) is 14.0 Å². The molecule has 0 radical (unpaired) electrons. The predicted octanol–water partition coefficient (Wildman–Crippen LogP) is 3.27. The Morgan fingerprint density at radius 3 is 2.20 bits per heavy atom. The lowest BCUT2D eigenvalue weighted by Crippen LogP contribution is -2.52. The van der Waals surface area contributed by atoms with Gasteiger partial charge in [-0.25, -0.2) is 4.39 Å². The first-order valence-electron chi connectivity index (χ1n) is 10.0. The molecule has 0 unspecified atom stereocenters. The summed E-state index contributed by atoms with van der Waals surface area (Å²) in [6.45, 7) is 1.72. The molecule has 1 fully saturated rings. The Kier molecular flexibility index (Phi) is 5.93. The fraction of sp³-hybridized carbons (Fsp3) is 0.250. The number of benzene rings is 3. The van der Waals surface area contributed by atoms with Crippen molar-refractivity contribution < 1.29 is 18.7 Å². The summed E-state index contributed by atoms with van der Waals surface area (Å²) in [5.41, 5.74) is 0.393. The second-order valence-electron chi connectivity index (χ2n) is 7.30. The van der Waals surface area contributed by atoms with E-state index in [1.165, 1.54) is 6.07 Å². The number of rotatable bonds is 5. The minimum absolute atomic E-state index is 0.0326. The lowest BCUT2D eigenvalue weighted by Gasteiger charge is -2.34. The molecule has 154 valence electrons. The summed E-state index contributed by atoms with van der Waals surface area (Å²) in [6, 6.07) is 19.9. The molecule has 4 rings (SSSR count). The van der Waals surface area contributed by atoms with E-state index in [0.29, 0.717) is 37.5 Å². The highest BCUT2D eigenvalue weighted by Crippen LogP contribution is 2.25. The zero-order valence-corrected chi connectivity index (χ0v) is 16.6. The van der Waals surface area contributed by atoms with Gasteiger partial charge in [0.05, 0.1) is 6.42 Å². The zero-order chi connectivity index (χ0) is 20.9. The Labute approximate surface area is 174 Å². The first-order chi connectivity index (χ1) is 14.6. The maximum atomic E-state index is 13.8. The molecule has 30 heavy (non-hydrogen) atoms. The highest BCUT2D eigenvalue weighted by atomic mass is 19.1. The zero-order valence-electron chi connectivity index (χ0n) is 16.6. The summed E-state index contributed by atoms with van der Waals surface area (Å²) < 4.78 is 19.6. The second kappa shape index (κ2) is 8.95. The first-order valence-corrected chi connectivity index (χ1v) is 10.0. The molecule has 1 saturated heterocycles. The summed E-state index contributed by atoms with van der Waals surface area (Å²) in [4.78, 5) is 28.4. The Morgan fingerprint density at radius 1 is 0.800 bits per heavy atom. The van der Waals surface area contributed by atoms with E-state index in [1.54, 1.807) is 28.0 Å². The van der Waals surface area contributed by atoms with E-state index in [-0.39, 0.29) is 30.7 Å². The van der Waals surface area contributed by atoms with Crippen molar-refractivity contribution in [2.45, 2.75) is 6.42 Å². The lowest BCUT2D eigenvalue weighted by atomic mass is 10.1. The van der Waals surface area contributed by atoms with Gasteiger partial charge in [0.1, 0.15) is 11.6 Å². The van der Waals surface area contributed by atoms with Gasteiger partial charge in [0.25, 0.3) is 5.91 Å². The van der Waals surface area contributed by atoms with Crippen LogP contribution in [0.25, 0.3) is 10.8 Å². The van der Waals surface area contributed by atoms with E-state index in [1.807, 2.05) is 42.5 Å². The molecule has 1 aliphatic heterocycles. The molecule has 3 aromatic carbocycles. The van der Waals surface area contributed by atoms with Gasteiger partial charge >= 0.3 is 0 Å². The van der Waals surface area contributed by atoms with Crippen LogP contribution in [-0.4, -0.2) is 54.4 Å². The van der Waals surface area contributed by atoms with E-state index < -0.39 is 0 Å². The SMILES string of the molecule is O=C(COc1cccc2ccccc12)N1CCN(C(=O)Cc2ccccc2F)CC1. The van der Waals surface area contributed by atoms with Gasteiger partial charge in [-0.3, -0.25) is 9.59 Å². The quantitative estimate of drug-likeness (QED) is 0.654. The van der Waals surface area contributed by atoms with Crippen molar-refractivity contribution in [3.05, 3.63) is 78.1 Å². The minimum atomic E-state index is -0.370. The first kappa shape index (κ1) is 19.9. The van der Waals surface area contributed by atoms with Crippen molar-refractivity contribution in [3.8, 4) is 5.75 Å². The molecule has 0 N–H and O–H groups in total. The molecule has 2 amide bonds. The number of carbonyl (C=O) groups is 2. The van der Waals surface area contributed by atoms with Gasteiger partial charge in [-0.1, -0.05) is 54.6 Å². The fourth-order valence-corrected chi connectivity index (χ4v) is 3.67. The maximum absolute atomic E-state index is 13.8. The van der Waals surface area contributed by atoms with Crippen molar-refractivity contribution in [3.63, 3.8) is 0 Å². The summed E-state index contributed by atoms with van der Waals surface area (Å²) in [7, 11) is 0. The third-order valence-electron chi connectivity index (χ3n) is 5.39. The molecule has 0 bridgehead atoms. The van der Waals surface area contributed by atoms with Crippen molar-refractivity contribution >= 4 is 22.6 Å². The number of carbonyl (C=O) groups excluding carboxylic acids is 2. The average Bonchev–Trinajstić information content (AvgIpc) is 2.79. The van der Waals surface area contributed by atoms with Crippen LogP contribution in [0.5, 0.6) is 5.75 Å². The highest BCUT2D eigenvalue weighted by molar-refractivity contribution is 5.88. The molecule has 0 spiro atoms. The van der Waals surface area contributed by atoms with Crippen LogP contribution < -0.4 is 4.74 Å². The molecule has 5 nitrogen and oxygen atoms in total. The van der Waals surface area contributed by atoms with Gasteiger partial charge in [-0.05, 0) is 23.1 Å². The van der Waals surface area contributed by atoms with Gasteiger partial charge in [0.15, 0.2) is 6.61 Å². The third kappa shape index (κ3) is 4.43. The van der Waals surface area contributed by atoms with Crippen LogP contribution in [0.1, 0.15) is 5.56 Å². The van der Waals surface area contributed by atoms with Gasteiger partial charge in [-0.2, -0.15) is 0 Å². The van der Waals surface area contributed by atoms with Crippen molar-refractivity contribution in [2.75, 3.05) is 32.8 Å². The number of piperazine rings is 1. The summed E-state index contributed by atoms with van der Waals surface area (Å²) in [5.74, 6) is 0.0775.